The van der Waals surface area contributed by atoms with Crippen molar-refractivity contribution in [1.29, 1.82) is 0 Å². The molecule has 2 fully saturated rings. The highest BCUT2D eigenvalue weighted by molar-refractivity contribution is 7.91. The van der Waals surface area contributed by atoms with E-state index < -0.39 is 11.2 Å². The maximum absolute atomic E-state index is 13.0. The van der Waals surface area contributed by atoms with Crippen molar-refractivity contribution in [1.82, 2.24) is 19.4 Å². The van der Waals surface area contributed by atoms with E-state index >= 15 is 0 Å². The molecule has 10 nitrogen and oxygen atoms in total. The molecule has 0 unspecified atom stereocenters. The molecule has 3 amide bonds. The molecular weight excluding hydrogens is 508 g/mol. The van der Waals surface area contributed by atoms with Crippen LogP contribution in [0.5, 0.6) is 5.75 Å². The molecule has 3 aliphatic rings. The fraction of sp³-hybridized carbons (Fsp3) is 0.407. The molecule has 0 spiro atoms. The number of amides is 3. The first-order valence-electron chi connectivity index (χ1n) is 12.8. The largest absolute Gasteiger partial charge is 0.616 e. The van der Waals surface area contributed by atoms with Crippen molar-refractivity contribution < 1.29 is 28.4 Å². The van der Waals surface area contributed by atoms with Crippen molar-refractivity contribution in [2.75, 3.05) is 37.8 Å². The number of ether oxygens (including phenoxy) is 2. The van der Waals surface area contributed by atoms with Crippen LogP contribution in [0.3, 0.4) is 0 Å². The van der Waals surface area contributed by atoms with Gasteiger partial charge >= 0.3 is 0 Å². The maximum atomic E-state index is 13.0. The molecule has 3 aromatic rings. The Balaban J connectivity index is 1.25. The number of carbonyl (C=O) groups is 3. The molecule has 0 saturated carbocycles. The van der Waals surface area contributed by atoms with E-state index in [2.05, 4.69) is 0 Å². The molecule has 1 atom stereocenters. The van der Waals surface area contributed by atoms with E-state index in [1.54, 1.807) is 35.2 Å². The Labute approximate surface area is 222 Å². The smallest absolute Gasteiger partial charge is 0.261 e. The summed E-state index contributed by atoms with van der Waals surface area (Å²) in [7, 11) is 0. The second-order valence-electron chi connectivity index (χ2n) is 9.68. The van der Waals surface area contributed by atoms with Crippen LogP contribution in [-0.4, -0.2) is 85.5 Å². The lowest BCUT2D eigenvalue weighted by molar-refractivity contribution is -0.133. The lowest BCUT2D eigenvalue weighted by Gasteiger charge is -2.28. The average Bonchev–Trinajstić information content (AvgIpc) is 3.63. The van der Waals surface area contributed by atoms with Crippen LogP contribution >= 0.6 is 0 Å². The third-order valence-corrected chi connectivity index (χ3v) is 8.56. The van der Waals surface area contributed by atoms with Gasteiger partial charge in [0.2, 0.25) is 0 Å². The Bertz CT molecular complexity index is 1360. The first-order valence-corrected chi connectivity index (χ1v) is 14.3. The summed E-state index contributed by atoms with van der Waals surface area (Å²) in [4.78, 5) is 46.3. The van der Waals surface area contributed by atoms with Crippen LogP contribution in [0, 0.1) is 0 Å². The van der Waals surface area contributed by atoms with E-state index in [1.165, 1.54) is 4.90 Å². The molecule has 4 heterocycles. The van der Waals surface area contributed by atoms with Gasteiger partial charge in [-0.15, -0.1) is 0 Å². The molecule has 0 radical (unpaired) electrons. The van der Waals surface area contributed by atoms with Gasteiger partial charge in [0.15, 0.2) is 6.61 Å². The minimum Gasteiger partial charge on any atom is -0.616 e. The summed E-state index contributed by atoms with van der Waals surface area (Å²) in [6.45, 7) is 2.11. The zero-order chi connectivity index (χ0) is 26.2. The van der Waals surface area contributed by atoms with E-state index in [9.17, 15) is 18.9 Å². The van der Waals surface area contributed by atoms with Gasteiger partial charge in [0.25, 0.3) is 17.7 Å². The van der Waals surface area contributed by atoms with E-state index in [1.807, 2.05) is 16.7 Å². The number of imide groups is 1. The third kappa shape index (κ3) is 4.77. The average molecular weight is 537 g/mol. The quantitative estimate of drug-likeness (QED) is 0.335. The van der Waals surface area contributed by atoms with Gasteiger partial charge in [0.05, 0.1) is 54.4 Å². The summed E-state index contributed by atoms with van der Waals surface area (Å²) >= 11 is -0.854. The lowest BCUT2D eigenvalue weighted by atomic mass is 10.1. The zero-order valence-electron chi connectivity index (χ0n) is 20.8. The Morgan fingerprint density at radius 1 is 1.11 bits per heavy atom. The number of aromatic nitrogens is 2. The second kappa shape index (κ2) is 10.4. The molecule has 11 heteroatoms. The van der Waals surface area contributed by atoms with Gasteiger partial charge in [-0.1, -0.05) is 23.3 Å². The van der Waals surface area contributed by atoms with E-state index in [0.717, 1.165) is 18.4 Å². The molecular formula is C27H28N4O6S. The molecule has 0 bridgehead atoms. The van der Waals surface area contributed by atoms with Gasteiger partial charge in [-0.2, -0.15) is 0 Å². The van der Waals surface area contributed by atoms with Crippen LogP contribution < -0.4 is 4.74 Å². The van der Waals surface area contributed by atoms with Gasteiger partial charge in [0, 0.05) is 12.7 Å². The minimum atomic E-state index is -0.854. The number of imidazole rings is 1. The number of nitrogens with zero attached hydrogens (tertiary/aromatic N) is 4. The predicted molar refractivity (Wildman–Crippen MR) is 139 cm³/mol. The van der Waals surface area contributed by atoms with Gasteiger partial charge in [-0.3, -0.25) is 19.3 Å². The first kappa shape index (κ1) is 24.9. The molecule has 198 valence electrons. The molecule has 6 rings (SSSR count). The summed E-state index contributed by atoms with van der Waals surface area (Å²) in [5.41, 5.74) is 2.29. The number of hydrogen-bond donors (Lipinski definition) is 0. The Kier molecular flexibility index (Phi) is 6.81. The zero-order valence-corrected chi connectivity index (χ0v) is 21.7. The SMILES string of the molecule is O=C(COc1ccc2nc(CN3C(=O)c4ccccc4C3=O)n(C[C@@H]3CCCO3)c2c1)N1CC[S+]([O-])CC1. The number of hydrogen-bond acceptors (Lipinski definition) is 7. The van der Waals surface area contributed by atoms with Crippen LogP contribution in [0.15, 0.2) is 42.5 Å². The van der Waals surface area contributed by atoms with Crippen molar-refractivity contribution >= 4 is 39.9 Å². The summed E-state index contributed by atoms with van der Waals surface area (Å²) in [5.74, 6) is 1.30. The molecule has 38 heavy (non-hydrogen) atoms. The molecule has 1 aromatic heterocycles. The highest BCUT2D eigenvalue weighted by Crippen LogP contribution is 2.28. The predicted octanol–water partition coefficient (Wildman–Crippen LogP) is 1.98. The van der Waals surface area contributed by atoms with Gasteiger partial charge in [-0.25, -0.2) is 4.98 Å². The van der Waals surface area contributed by atoms with E-state index in [0.29, 0.717) is 66.0 Å². The number of rotatable bonds is 7. The molecule has 0 aliphatic carbocycles. The second-order valence-corrected chi connectivity index (χ2v) is 11.4. The Morgan fingerprint density at radius 3 is 2.53 bits per heavy atom. The molecule has 2 saturated heterocycles. The standard InChI is InChI=1S/C27H28N4O6S/c32-25(29-9-12-38(35)13-10-29)17-37-18-7-8-22-23(14-18)30(15-19-4-3-11-36-19)24(28-22)16-31-26(33)20-5-1-2-6-21(20)27(31)34/h1-2,5-8,14,19H,3-4,9-13,15-17H2/t19-/m0/s1. The van der Waals surface area contributed by atoms with Crippen molar-refractivity contribution in [3.05, 3.63) is 59.4 Å². The van der Waals surface area contributed by atoms with Crippen molar-refractivity contribution in [2.45, 2.75) is 32.0 Å². The Hall–Kier alpha value is -3.41. The monoisotopic (exact) mass is 536 g/mol. The maximum Gasteiger partial charge on any atom is 0.261 e. The number of benzene rings is 2. The van der Waals surface area contributed by atoms with Crippen molar-refractivity contribution in [2.24, 2.45) is 0 Å². The summed E-state index contributed by atoms with van der Waals surface area (Å²) in [5, 5.41) is 0. The number of carbonyl (C=O) groups excluding carboxylic acids is 3. The normalized spacial score (nSPS) is 20.0. The van der Waals surface area contributed by atoms with Crippen LogP contribution in [0.25, 0.3) is 11.0 Å². The number of fused-ring (bicyclic) bond motifs is 2. The summed E-state index contributed by atoms with van der Waals surface area (Å²) in [6.07, 6.45) is 1.90. The topological polar surface area (TPSA) is 117 Å². The highest BCUT2D eigenvalue weighted by Gasteiger charge is 2.36. The highest BCUT2D eigenvalue weighted by atomic mass is 32.2. The lowest BCUT2D eigenvalue weighted by Crippen LogP contribution is -2.45. The van der Waals surface area contributed by atoms with Crippen molar-refractivity contribution in [3.8, 4) is 5.75 Å². The molecule has 0 N–H and O–H groups in total. The van der Waals surface area contributed by atoms with Crippen LogP contribution in [0.2, 0.25) is 0 Å². The first-order chi connectivity index (χ1) is 18.5. The van der Waals surface area contributed by atoms with Gasteiger partial charge in [0.1, 0.15) is 23.1 Å². The van der Waals surface area contributed by atoms with E-state index in [-0.39, 0.29) is 37.0 Å². The summed E-state index contributed by atoms with van der Waals surface area (Å²) in [6, 6.07) is 12.2. The molecule has 3 aliphatic heterocycles. The van der Waals surface area contributed by atoms with E-state index in [4.69, 9.17) is 14.5 Å². The fourth-order valence-electron chi connectivity index (χ4n) is 5.21. The molecule has 2 aromatic carbocycles. The van der Waals surface area contributed by atoms with Gasteiger partial charge < -0.3 is 23.5 Å². The van der Waals surface area contributed by atoms with Crippen molar-refractivity contribution in [3.63, 3.8) is 0 Å². The van der Waals surface area contributed by atoms with Gasteiger partial charge in [-0.05, 0) is 37.1 Å². The third-order valence-electron chi connectivity index (χ3n) is 7.28. The Morgan fingerprint density at radius 2 is 1.84 bits per heavy atom. The minimum absolute atomic E-state index is 0.00383. The van der Waals surface area contributed by atoms with Crippen LogP contribution in [-0.2, 0) is 33.8 Å². The van der Waals surface area contributed by atoms with Crippen LogP contribution in [0.4, 0.5) is 0 Å². The summed E-state index contributed by atoms with van der Waals surface area (Å²) < 4.78 is 25.3. The fourth-order valence-corrected chi connectivity index (χ4v) is 6.26. The van der Waals surface area contributed by atoms with Crippen LogP contribution in [0.1, 0.15) is 39.4 Å².